The van der Waals surface area contributed by atoms with E-state index in [9.17, 15) is 0 Å². The summed E-state index contributed by atoms with van der Waals surface area (Å²) in [4.78, 5) is 7.41. The summed E-state index contributed by atoms with van der Waals surface area (Å²) in [5.74, 6) is 0. The lowest BCUT2D eigenvalue weighted by Crippen LogP contribution is -1.79. The van der Waals surface area contributed by atoms with Gasteiger partial charge < -0.3 is 0 Å². The molecule has 0 spiro atoms. The number of rotatable bonds is 2. The molecule has 0 aromatic heterocycles. The van der Waals surface area contributed by atoms with E-state index in [1.54, 1.807) is 20.2 Å². The molecule has 0 rings (SSSR count). The van der Waals surface area contributed by atoms with Gasteiger partial charge in [0.2, 0.25) is 0 Å². The SMILES string of the molecule is CC=N/C(Cl)=C\C(Cl)=NC. The number of nitrogens with zero attached hydrogens (tertiary/aromatic N) is 2. The Morgan fingerprint density at radius 3 is 2.40 bits per heavy atom. The number of allylic oxidation sites excluding steroid dienone is 1. The van der Waals surface area contributed by atoms with Crippen molar-refractivity contribution in [3.63, 3.8) is 0 Å². The van der Waals surface area contributed by atoms with Crippen LogP contribution in [-0.2, 0) is 0 Å². The van der Waals surface area contributed by atoms with E-state index in [2.05, 4.69) is 9.98 Å². The fourth-order valence-corrected chi connectivity index (χ4v) is 0.684. The van der Waals surface area contributed by atoms with Crippen LogP contribution >= 0.6 is 23.2 Å². The molecule has 0 saturated carbocycles. The van der Waals surface area contributed by atoms with Crippen molar-refractivity contribution in [2.24, 2.45) is 9.98 Å². The molecule has 0 radical (unpaired) electrons. The molecule has 0 aliphatic rings. The van der Waals surface area contributed by atoms with Gasteiger partial charge in [-0.25, -0.2) is 4.99 Å². The number of hydrogen-bond acceptors (Lipinski definition) is 2. The molecule has 0 fully saturated rings. The van der Waals surface area contributed by atoms with E-state index in [0.717, 1.165) is 0 Å². The summed E-state index contributed by atoms with van der Waals surface area (Å²) in [5, 5.41) is 0.675. The smallest absolute Gasteiger partial charge is 0.131 e. The molecule has 0 aliphatic heterocycles. The van der Waals surface area contributed by atoms with Crippen molar-refractivity contribution in [2.45, 2.75) is 6.92 Å². The average Bonchev–Trinajstić information content (AvgIpc) is 1.88. The summed E-state index contributed by atoms with van der Waals surface area (Å²) in [7, 11) is 1.58. The lowest BCUT2D eigenvalue weighted by Gasteiger charge is -1.86. The Labute approximate surface area is 70.3 Å². The predicted molar refractivity (Wildman–Crippen MR) is 47.3 cm³/mol. The van der Waals surface area contributed by atoms with Crippen LogP contribution in [0.15, 0.2) is 21.2 Å². The largest absolute Gasteiger partial charge is 0.276 e. The quantitative estimate of drug-likeness (QED) is 0.459. The molecule has 0 aliphatic carbocycles. The van der Waals surface area contributed by atoms with Crippen LogP contribution in [0.5, 0.6) is 0 Å². The van der Waals surface area contributed by atoms with Crippen molar-refractivity contribution in [2.75, 3.05) is 7.05 Å². The summed E-state index contributed by atoms with van der Waals surface area (Å²) in [6.07, 6.45) is 3.06. The Morgan fingerprint density at radius 2 is 2.00 bits per heavy atom. The molecular formula is C6H8Cl2N2. The zero-order valence-corrected chi connectivity index (χ0v) is 7.32. The summed E-state index contributed by atoms with van der Waals surface area (Å²) >= 11 is 11.1. The summed E-state index contributed by atoms with van der Waals surface area (Å²) in [6.45, 7) is 1.77. The summed E-state index contributed by atoms with van der Waals surface area (Å²) in [6, 6.07) is 0. The van der Waals surface area contributed by atoms with Gasteiger partial charge in [-0.1, -0.05) is 23.2 Å². The molecular weight excluding hydrogens is 171 g/mol. The van der Waals surface area contributed by atoms with Gasteiger partial charge in [0.15, 0.2) is 0 Å². The van der Waals surface area contributed by atoms with E-state index in [-0.39, 0.29) is 0 Å². The van der Waals surface area contributed by atoms with Gasteiger partial charge in [0.25, 0.3) is 0 Å². The zero-order chi connectivity index (χ0) is 7.98. The van der Waals surface area contributed by atoms with Gasteiger partial charge in [0, 0.05) is 19.3 Å². The van der Waals surface area contributed by atoms with Crippen molar-refractivity contribution in [3.8, 4) is 0 Å². The molecule has 0 bridgehead atoms. The molecule has 4 heteroatoms. The fourth-order valence-electron chi connectivity index (χ4n) is 0.323. The highest BCUT2D eigenvalue weighted by atomic mass is 35.5. The third kappa shape index (κ3) is 4.53. The van der Waals surface area contributed by atoms with Gasteiger partial charge in [-0.05, 0) is 6.92 Å². The first-order chi connectivity index (χ1) is 4.70. The molecule has 0 saturated heterocycles. The first kappa shape index (κ1) is 9.66. The van der Waals surface area contributed by atoms with Crippen LogP contribution in [0.25, 0.3) is 0 Å². The van der Waals surface area contributed by atoms with Crippen LogP contribution in [-0.4, -0.2) is 18.4 Å². The molecule has 0 aromatic carbocycles. The average molecular weight is 179 g/mol. The highest BCUT2D eigenvalue weighted by Crippen LogP contribution is 2.03. The van der Waals surface area contributed by atoms with Gasteiger partial charge in [-0.15, -0.1) is 0 Å². The van der Waals surface area contributed by atoms with Gasteiger partial charge in [0.1, 0.15) is 10.3 Å². The van der Waals surface area contributed by atoms with E-state index in [1.165, 1.54) is 6.08 Å². The minimum atomic E-state index is 0.332. The third-order valence-corrected chi connectivity index (χ3v) is 1.19. The van der Waals surface area contributed by atoms with Crippen molar-refractivity contribution >= 4 is 34.6 Å². The normalized spacial score (nSPS) is 14.8. The maximum absolute atomic E-state index is 5.55. The minimum absolute atomic E-state index is 0.332. The monoisotopic (exact) mass is 178 g/mol. The van der Waals surface area contributed by atoms with Crippen molar-refractivity contribution in [1.29, 1.82) is 0 Å². The maximum atomic E-state index is 5.55. The predicted octanol–water partition coefficient (Wildman–Crippen LogP) is 2.42. The Kier molecular flexibility index (Phi) is 5.26. The molecule has 56 valence electrons. The fraction of sp³-hybridized carbons (Fsp3) is 0.333. The second kappa shape index (κ2) is 5.45. The molecule has 0 atom stereocenters. The van der Waals surface area contributed by atoms with Crippen LogP contribution in [0.3, 0.4) is 0 Å². The van der Waals surface area contributed by atoms with Gasteiger partial charge in [0.05, 0.1) is 0 Å². The third-order valence-electron chi connectivity index (χ3n) is 0.704. The van der Waals surface area contributed by atoms with E-state index < -0.39 is 0 Å². The van der Waals surface area contributed by atoms with Crippen LogP contribution in [0.1, 0.15) is 6.92 Å². The van der Waals surface area contributed by atoms with E-state index >= 15 is 0 Å². The van der Waals surface area contributed by atoms with E-state index in [4.69, 9.17) is 23.2 Å². The second-order valence-corrected chi connectivity index (χ2v) is 2.18. The van der Waals surface area contributed by atoms with Gasteiger partial charge >= 0.3 is 0 Å². The Morgan fingerprint density at radius 1 is 1.40 bits per heavy atom. The summed E-state index contributed by atoms with van der Waals surface area (Å²) < 4.78 is 0. The molecule has 0 aromatic rings. The van der Waals surface area contributed by atoms with E-state index in [0.29, 0.717) is 10.3 Å². The number of halogens is 2. The molecule has 0 heterocycles. The van der Waals surface area contributed by atoms with Gasteiger partial charge in [-0.2, -0.15) is 0 Å². The van der Waals surface area contributed by atoms with Crippen molar-refractivity contribution in [3.05, 3.63) is 11.2 Å². The first-order valence-corrected chi connectivity index (χ1v) is 3.44. The minimum Gasteiger partial charge on any atom is -0.276 e. The number of hydrogen-bond donors (Lipinski definition) is 0. The highest BCUT2D eigenvalue weighted by Gasteiger charge is 1.88. The maximum Gasteiger partial charge on any atom is 0.131 e. The second-order valence-electron chi connectivity index (χ2n) is 1.40. The van der Waals surface area contributed by atoms with Crippen LogP contribution < -0.4 is 0 Å². The molecule has 0 amide bonds. The van der Waals surface area contributed by atoms with Gasteiger partial charge in [-0.3, -0.25) is 4.99 Å². The van der Waals surface area contributed by atoms with E-state index in [1.807, 2.05) is 0 Å². The van der Waals surface area contributed by atoms with Crippen LogP contribution in [0.2, 0.25) is 0 Å². The van der Waals surface area contributed by atoms with Crippen LogP contribution in [0.4, 0.5) is 0 Å². The molecule has 10 heavy (non-hydrogen) atoms. The zero-order valence-electron chi connectivity index (χ0n) is 5.81. The lowest BCUT2D eigenvalue weighted by atomic mass is 10.6. The summed E-state index contributed by atoms with van der Waals surface area (Å²) in [5.41, 5.74) is 0. The van der Waals surface area contributed by atoms with Crippen molar-refractivity contribution in [1.82, 2.24) is 0 Å². The Bertz CT molecular complexity index is 182. The highest BCUT2D eigenvalue weighted by molar-refractivity contribution is 6.68. The standard InChI is InChI=1S/C6H8Cl2N2/c1-3-10-6(8)4-5(7)9-2/h3-4H,1-2H3/b6-4-,9-5?,10-3?. The Hall–Kier alpha value is -0.340. The molecule has 0 unspecified atom stereocenters. The first-order valence-electron chi connectivity index (χ1n) is 2.69. The lowest BCUT2D eigenvalue weighted by molar-refractivity contribution is 1.45. The molecule has 2 nitrogen and oxygen atoms in total. The van der Waals surface area contributed by atoms with Crippen LogP contribution in [0, 0.1) is 0 Å². The molecule has 0 N–H and O–H groups in total. The number of aliphatic imine (C=N–C) groups is 2. The topological polar surface area (TPSA) is 24.7 Å². The Balaban J connectivity index is 4.16. The van der Waals surface area contributed by atoms with Crippen molar-refractivity contribution < 1.29 is 0 Å².